The van der Waals surface area contributed by atoms with E-state index >= 15 is 0 Å². The fourth-order valence-corrected chi connectivity index (χ4v) is 5.46. The van der Waals surface area contributed by atoms with Gasteiger partial charge in [0, 0.05) is 54.7 Å². The molecule has 10 heteroatoms. The summed E-state index contributed by atoms with van der Waals surface area (Å²) >= 11 is 0. The Morgan fingerprint density at radius 2 is 0.647 bits per heavy atom. The molecular weight excluding hydrogens is 679 g/mol. The van der Waals surface area contributed by atoms with Crippen molar-refractivity contribution < 1.29 is 18.5 Å². The van der Waals surface area contributed by atoms with Crippen LogP contribution in [-0.2, 0) is 17.1 Å². The van der Waals surface area contributed by atoms with Crippen molar-refractivity contribution in [1.82, 2.24) is 39.9 Å². The Labute approximate surface area is 313 Å². The van der Waals surface area contributed by atoms with Crippen LogP contribution in [0.4, 0.5) is 0 Å². The molecule has 0 unspecified atom stereocenters. The number of fused-ring (bicyclic) bond motifs is 20. The molecule has 7 aromatic rings. The van der Waals surface area contributed by atoms with Gasteiger partial charge in [-0.05, 0) is 27.0 Å². The molecule has 5 heterocycles. The molecule has 8 bridgehead atoms. The molecule has 0 saturated carbocycles. The minimum absolute atomic E-state index is 0. The largest absolute Gasteiger partial charge is 2.00 e. The van der Waals surface area contributed by atoms with Crippen LogP contribution in [-0.4, -0.2) is 38.3 Å². The molecule has 0 spiro atoms. The topological polar surface area (TPSA) is 106 Å². The van der Waals surface area contributed by atoms with Crippen LogP contribution in [0.25, 0.3) is 89.7 Å². The summed E-state index contributed by atoms with van der Waals surface area (Å²) in [4.78, 5) is 39.3. The summed E-state index contributed by atoms with van der Waals surface area (Å²) in [6.45, 7) is 13.0. The molecular formula is C41H42BCuN8. The molecule has 0 aliphatic carbocycles. The number of rotatable bonds is 0. The maximum absolute atomic E-state index is 4.95. The summed E-state index contributed by atoms with van der Waals surface area (Å²) in [5.41, 5.74) is 6.28. The van der Waals surface area contributed by atoms with Crippen LogP contribution in [0.1, 0.15) is 56.8 Å². The average molecular weight is 722 g/mol. The second kappa shape index (κ2) is 15.8. The Morgan fingerprint density at radius 3 is 0.863 bits per heavy atom. The zero-order valence-corrected chi connectivity index (χ0v) is 29.8. The minimum atomic E-state index is 0. The number of nitrogens with zero attached hydrogens (tertiary/aromatic N) is 8. The summed E-state index contributed by atoms with van der Waals surface area (Å²) in [7, 11) is 0. The minimum Gasteiger partial charge on any atom is -0.357 e. The molecule has 3 aromatic heterocycles. The summed E-state index contributed by atoms with van der Waals surface area (Å²) in [5.74, 6) is 2.21. The van der Waals surface area contributed by atoms with Crippen LogP contribution in [0.2, 0.25) is 0 Å². The third-order valence-electron chi connectivity index (χ3n) is 7.33. The van der Waals surface area contributed by atoms with Gasteiger partial charge in [0.25, 0.3) is 0 Å². The normalized spacial score (nSPS) is 10.9. The van der Waals surface area contributed by atoms with E-state index in [1.807, 2.05) is 97.1 Å². The zero-order chi connectivity index (χ0) is 33.4. The molecule has 4 aromatic carbocycles. The molecule has 2 aliphatic heterocycles. The zero-order valence-electron chi connectivity index (χ0n) is 28.9. The van der Waals surface area contributed by atoms with Crippen molar-refractivity contribution in [3.8, 4) is 45.6 Å². The van der Waals surface area contributed by atoms with E-state index in [0.717, 1.165) is 43.8 Å². The van der Waals surface area contributed by atoms with Gasteiger partial charge in [0.1, 0.15) is 0 Å². The van der Waals surface area contributed by atoms with Crippen molar-refractivity contribution in [1.29, 1.82) is 0 Å². The maximum Gasteiger partial charge on any atom is 2.00 e. The second-order valence-electron chi connectivity index (χ2n) is 13.4. The Hall–Kier alpha value is -5.18. The Morgan fingerprint density at radius 1 is 0.451 bits per heavy atom. The maximum atomic E-state index is 4.95. The first-order chi connectivity index (χ1) is 23.2. The van der Waals surface area contributed by atoms with E-state index in [-0.39, 0.29) is 34.3 Å². The standard InChI is InChI=1S/C32H16N8.C5H12.C3H8.CH4.B.Cu.H2/c1-2-10-18-17(9-1)25-33-26(18)38-28-21-13-5-6-14-22(21)30(35-28)40-32-24-16-8-7-15-23(24)31(36-32)39-29-20-12-4-3-11-19(20)27(34-29)37-25;1-5(2,3)4;1-3-2;;;;/h1-16H;1-4H3;3H2,1-2H3;1H4;;;1H/q-2;;;;;+2;/i;;;;;;1+1. The van der Waals surface area contributed by atoms with Crippen molar-refractivity contribution in [3.63, 3.8) is 0 Å². The van der Waals surface area contributed by atoms with E-state index < -0.39 is 0 Å². The summed E-state index contributed by atoms with van der Waals surface area (Å²) < 4.78 is 0. The van der Waals surface area contributed by atoms with Gasteiger partial charge >= 0.3 is 17.1 Å². The average Bonchev–Trinajstić information content (AvgIpc) is 3.80. The molecule has 8 nitrogen and oxygen atoms in total. The Kier molecular flexibility index (Phi) is 12.0. The summed E-state index contributed by atoms with van der Waals surface area (Å²) in [6.07, 6.45) is 1.25. The van der Waals surface area contributed by atoms with E-state index in [1.54, 1.807) is 0 Å². The van der Waals surface area contributed by atoms with Crippen molar-refractivity contribution in [3.05, 3.63) is 97.1 Å². The van der Waals surface area contributed by atoms with E-state index in [1.165, 1.54) is 6.42 Å². The third-order valence-corrected chi connectivity index (χ3v) is 7.33. The molecule has 0 N–H and O–H groups in total. The van der Waals surface area contributed by atoms with Crippen molar-refractivity contribution in [2.24, 2.45) is 5.41 Å². The predicted octanol–water partition coefficient (Wildman–Crippen LogP) is 10.1. The predicted molar refractivity (Wildman–Crippen MR) is 210 cm³/mol. The van der Waals surface area contributed by atoms with E-state index in [4.69, 9.17) is 39.9 Å². The molecule has 0 saturated heterocycles. The van der Waals surface area contributed by atoms with Crippen LogP contribution in [0.5, 0.6) is 0 Å². The van der Waals surface area contributed by atoms with Crippen LogP contribution in [0.15, 0.2) is 97.1 Å². The molecule has 260 valence electrons. The van der Waals surface area contributed by atoms with E-state index in [0.29, 0.717) is 51.3 Å². The van der Waals surface area contributed by atoms with Gasteiger partial charge in [0.2, 0.25) is 0 Å². The number of hydrogen-bond donors (Lipinski definition) is 0. The fourth-order valence-electron chi connectivity index (χ4n) is 5.46. The van der Waals surface area contributed by atoms with Crippen molar-refractivity contribution in [2.45, 2.75) is 55.4 Å². The Balaban J connectivity index is 0.000000557. The monoisotopic (exact) mass is 721 g/mol. The van der Waals surface area contributed by atoms with Gasteiger partial charge < -0.3 is 29.9 Å². The van der Waals surface area contributed by atoms with Crippen LogP contribution in [0.3, 0.4) is 0 Å². The van der Waals surface area contributed by atoms with Gasteiger partial charge in [0.15, 0.2) is 0 Å². The summed E-state index contributed by atoms with van der Waals surface area (Å²) in [5, 5.41) is 3.57. The van der Waals surface area contributed by atoms with Gasteiger partial charge in [0.05, 0.1) is 23.3 Å². The number of aromatic nitrogens is 8. The molecule has 0 amide bonds. The van der Waals surface area contributed by atoms with Crippen LogP contribution >= 0.6 is 0 Å². The summed E-state index contributed by atoms with van der Waals surface area (Å²) in [6, 6.07) is 31.8. The first-order valence-corrected chi connectivity index (χ1v) is 16.3. The fraction of sp³-hybridized carbons (Fsp3) is 0.220. The van der Waals surface area contributed by atoms with Gasteiger partial charge in [-0.15, -0.1) is 0 Å². The SMILES string of the molecule is C.CC(C)(C)C.CCC.[2HH].[B].[Cu+2].c1ccc2c(c1)-c1nc-2nc2[n-]c(nc3nc(nc4[n-]c(n1)c1ccccc41)-c1ccccc1-3)c1ccccc21. The molecule has 0 atom stereocenters. The molecule has 4 radical (unpaired) electrons. The molecule has 9 rings (SSSR count). The van der Waals surface area contributed by atoms with Crippen molar-refractivity contribution in [2.75, 3.05) is 0 Å². The first-order valence-electron chi connectivity index (χ1n) is 16.3. The van der Waals surface area contributed by atoms with Crippen LogP contribution < -0.4 is 9.97 Å². The first kappa shape index (κ1) is 38.6. The van der Waals surface area contributed by atoms with Gasteiger partial charge in [-0.3, -0.25) is 0 Å². The molecule has 51 heavy (non-hydrogen) atoms. The van der Waals surface area contributed by atoms with Crippen LogP contribution in [0, 0.1) is 5.41 Å². The van der Waals surface area contributed by atoms with E-state index in [9.17, 15) is 0 Å². The van der Waals surface area contributed by atoms with Gasteiger partial charge in [-0.1, -0.05) is 152 Å². The molecule has 0 fully saturated rings. The third kappa shape index (κ3) is 7.78. The molecule has 2 aliphatic rings. The second-order valence-corrected chi connectivity index (χ2v) is 13.4. The van der Waals surface area contributed by atoms with E-state index in [2.05, 4.69) is 41.5 Å². The quantitative estimate of drug-likeness (QED) is 0.143. The van der Waals surface area contributed by atoms with Gasteiger partial charge in [-0.2, -0.15) is 0 Å². The smallest absolute Gasteiger partial charge is 0.357 e. The van der Waals surface area contributed by atoms with Gasteiger partial charge in [-0.25, -0.2) is 9.97 Å². The number of benzene rings is 4. The Bertz CT molecular complexity index is 2160. The number of hydrogen-bond acceptors (Lipinski definition) is 6. The van der Waals surface area contributed by atoms with Crippen molar-refractivity contribution >= 4 is 52.5 Å².